The molecule has 2 heterocycles. The summed E-state index contributed by atoms with van der Waals surface area (Å²) in [4.78, 5) is 4.46. The molecule has 10 heteroatoms. The molecular formula is C16H19BrClN3O3S2. The van der Waals surface area contributed by atoms with E-state index in [0.717, 1.165) is 49.0 Å². The van der Waals surface area contributed by atoms with E-state index in [4.69, 9.17) is 16.3 Å². The molecule has 1 aromatic carbocycles. The average molecular weight is 481 g/mol. The van der Waals surface area contributed by atoms with Crippen molar-refractivity contribution in [1.29, 1.82) is 0 Å². The molecule has 0 aliphatic carbocycles. The highest BCUT2D eigenvalue weighted by Gasteiger charge is 2.23. The van der Waals surface area contributed by atoms with Crippen molar-refractivity contribution in [3.63, 3.8) is 0 Å². The summed E-state index contributed by atoms with van der Waals surface area (Å²) in [5.74, 6) is 0.720. The normalized spacial score (nSPS) is 15.9. The summed E-state index contributed by atoms with van der Waals surface area (Å²) in [5.41, 5.74) is 1.36. The number of methoxy groups -OCH3 is 1. The molecule has 0 saturated carbocycles. The Morgan fingerprint density at radius 2 is 1.92 bits per heavy atom. The van der Waals surface area contributed by atoms with E-state index in [1.807, 2.05) is 6.07 Å². The predicted molar refractivity (Wildman–Crippen MR) is 111 cm³/mol. The number of ether oxygens (including phenoxy) is 1. The zero-order valence-corrected chi connectivity index (χ0v) is 18.3. The van der Waals surface area contributed by atoms with E-state index < -0.39 is 10.0 Å². The van der Waals surface area contributed by atoms with Crippen LogP contribution in [0.25, 0.3) is 0 Å². The van der Waals surface area contributed by atoms with Crippen molar-refractivity contribution >= 4 is 60.3 Å². The van der Waals surface area contributed by atoms with Gasteiger partial charge in [-0.05, 0) is 47.2 Å². The van der Waals surface area contributed by atoms with Gasteiger partial charge in [0.1, 0.15) is 5.75 Å². The number of likely N-dealkylation sites (N-methyl/N-ethyl adjacent to an activating group) is 1. The Bertz CT molecular complexity index is 896. The molecule has 1 aromatic heterocycles. The van der Waals surface area contributed by atoms with E-state index >= 15 is 0 Å². The number of halogens is 2. The topological polar surface area (TPSA) is 61.9 Å². The third kappa shape index (κ3) is 4.28. The van der Waals surface area contributed by atoms with Gasteiger partial charge in [-0.25, -0.2) is 8.42 Å². The lowest BCUT2D eigenvalue weighted by molar-refractivity contribution is 0.311. The van der Waals surface area contributed by atoms with Crippen LogP contribution in [0.1, 0.15) is 0 Å². The summed E-state index contributed by atoms with van der Waals surface area (Å²) in [5, 5.41) is 0. The van der Waals surface area contributed by atoms with Crippen molar-refractivity contribution in [2.75, 3.05) is 50.0 Å². The molecule has 0 radical (unpaired) electrons. The first-order chi connectivity index (χ1) is 12.3. The second kappa shape index (κ2) is 7.93. The lowest BCUT2D eigenvalue weighted by Gasteiger charge is -2.34. The first-order valence-corrected chi connectivity index (χ1v) is 11.4. The van der Waals surface area contributed by atoms with Crippen LogP contribution in [-0.4, -0.2) is 53.7 Å². The van der Waals surface area contributed by atoms with E-state index in [1.165, 1.54) is 0 Å². The van der Waals surface area contributed by atoms with Crippen LogP contribution in [-0.2, 0) is 10.0 Å². The van der Waals surface area contributed by atoms with Gasteiger partial charge in [0.15, 0.2) is 4.21 Å². The molecule has 6 nitrogen and oxygen atoms in total. The van der Waals surface area contributed by atoms with Crippen molar-refractivity contribution in [3.8, 4) is 5.75 Å². The number of hydrogen-bond acceptors (Lipinski definition) is 6. The number of hydrogen-bond donors (Lipinski definition) is 1. The third-order valence-electron chi connectivity index (χ3n) is 4.14. The maximum Gasteiger partial charge on any atom is 0.272 e. The van der Waals surface area contributed by atoms with Gasteiger partial charge in [-0.1, -0.05) is 11.6 Å². The molecule has 142 valence electrons. The minimum absolute atomic E-state index is 0.152. The molecule has 2 aromatic rings. The Balaban J connectivity index is 1.89. The molecule has 0 unspecified atom stereocenters. The largest absolute Gasteiger partial charge is 0.495 e. The highest BCUT2D eigenvalue weighted by Crippen LogP contribution is 2.37. The summed E-state index contributed by atoms with van der Waals surface area (Å²) >= 11 is 10.2. The summed E-state index contributed by atoms with van der Waals surface area (Å²) in [6, 6.07) is 6.86. The Morgan fingerprint density at radius 3 is 2.50 bits per heavy atom. The zero-order chi connectivity index (χ0) is 18.9. The molecule has 1 aliphatic rings. The SMILES string of the molecule is COc1ccc(NS(=O)(=O)c2sc(Cl)cc2Br)cc1N1CCN(C)CC1. The molecule has 26 heavy (non-hydrogen) atoms. The summed E-state index contributed by atoms with van der Waals surface area (Å²) in [7, 11) is -0.0283. The first-order valence-electron chi connectivity index (χ1n) is 7.89. The van der Waals surface area contributed by atoms with E-state index in [-0.39, 0.29) is 4.21 Å². The molecule has 0 atom stereocenters. The standard InChI is InChI=1S/C16H19BrClN3O3S2/c1-20-5-7-21(8-6-20)13-9-11(3-4-14(13)24-2)19-26(22,23)16-12(17)10-15(18)25-16/h3-4,9-10,19H,5-8H2,1-2H3. The van der Waals surface area contributed by atoms with E-state index in [0.29, 0.717) is 14.5 Å². The molecule has 1 N–H and O–H groups in total. The molecule has 0 amide bonds. The van der Waals surface area contributed by atoms with Gasteiger partial charge in [0.25, 0.3) is 10.0 Å². The maximum atomic E-state index is 12.7. The van der Waals surface area contributed by atoms with E-state index in [2.05, 4.69) is 37.5 Å². The minimum Gasteiger partial charge on any atom is -0.495 e. The summed E-state index contributed by atoms with van der Waals surface area (Å²) in [6.07, 6.45) is 0. The van der Waals surface area contributed by atoms with Crippen molar-refractivity contribution < 1.29 is 13.2 Å². The Morgan fingerprint density at radius 1 is 1.23 bits per heavy atom. The van der Waals surface area contributed by atoms with Gasteiger partial charge in [0.2, 0.25) is 0 Å². The van der Waals surface area contributed by atoms with Gasteiger partial charge in [-0.3, -0.25) is 4.72 Å². The van der Waals surface area contributed by atoms with Crippen LogP contribution >= 0.6 is 38.9 Å². The summed E-state index contributed by atoms with van der Waals surface area (Å²) in [6.45, 7) is 3.60. The summed E-state index contributed by atoms with van der Waals surface area (Å²) < 4.78 is 34.5. The van der Waals surface area contributed by atoms with Crippen LogP contribution in [0.5, 0.6) is 5.75 Å². The monoisotopic (exact) mass is 479 g/mol. The van der Waals surface area contributed by atoms with Gasteiger partial charge in [0.05, 0.1) is 27.3 Å². The van der Waals surface area contributed by atoms with Crippen LogP contribution < -0.4 is 14.4 Å². The van der Waals surface area contributed by atoms with E-state index in [1.54, 1.807) is 25.3 Å². The van der Waals surface area contributed by atoms with E-state index in [9.17, 15) is 8.42 Å². The predicted octanol–water partition coefficient (Wildman–Crippen LogP) is 3.73. The molecule has 0 spiro atoms. The lowest BCUT2D eigenvalue weighted by Crippen LogP contribution is -2.44. The zero-order valence-electron chi connectivity index (χ0n) is 14.3. The van der Waals surface area contributed by atoms with Crippen molar-refractivity contribution in [2.24, 2.45) is 0 Å². The van der Waals surface area contributed by atoms with Gasteiger partial charge in [0, 0.05) is 26.2 Å². The molecule has 1 saturated heterocycles. The molecule has 1 aliphatic heterocycles. The fourth-order valence-electron chi connectivity index (χ4n) is 2.76. The van der Waals surface area contributed by atoms with Crippen LogP contribution in [0.15, 0.2) is 32.9 Å². The second-order valence-corrected chi connectivity index (χ2v) is 10.4. The second-order valence-electron chi connectivity index (χ2n) is 5.97. The number of rotatable bonds is 5. The third-order valence-corrected chi connectivity index (χ3v) is 8.47. The minimum atomic E-state index is -3.73. The molecular weight excluding hydrogens is 462 g/mol. The van der Waals surface area contributed by atoms with Gasteiger partial charge in [-0.2, -0.15) is 0 Å². The lowest BCUT2D eigenvalue weighted by atomic mass is 10.2. The number of anilines is 2. The quantitative estimate of drug-likeness (QED) is 0.707. The maximum absolute atomic E-state index is 12.7. The van der Waals surface area contributed by atoms with Crippen LogP contribution in [0.4, 0.5) is 11.4 Å². The van der Waals surface area contributed by atoms with Gasteiger partial charge in [-0.15, -0.1) is 11.3 Å². The number of sulfonamides is 1. The van der Waals surface area contributed by atoms with Gasteiger partial charge < -0.3 is 14.5 Å². The molecule has 0 bridgehead atoms. The number of nitrogens with zero attached hydrogens (tertiary/aromatic N) is 2. The van der Waals surface area contributed by atoms with Crippen LogP contribution in [0, 0.1) is 0 Å². The number of benzene rings is 1. The smallest absolute Gasteiger partial charge is 0.272 e. The highest BCUT2D eigenvalue weighted by molar-refractivity contribution is 9.10. The number of piperazine rings is 1. The van der Waals surface area contributed by atoms with Crippen molar-refractivity contribution in [2.45, 2.75) is 4.21 Å². The van der Waals surface area contributed by atoms with Crippen LogP contribution in [0.2, 0.25) is 4.34 Å². The average Bonchev–Trinajstić information content (AvgIpc) is 2.94. The van der Waals surface area contributed by atoms with Gasteiger partial charge >= 0.3 is 0 Å². The fraction of sp³-hybridized carbons (Fsp3) is 0.375. The first kappa shape index (κ1) is 19.8. The Kier molecular flexibility index (Phi) is 6.03. The number of nitrogens with one attached hydrogen (secondary N) is 1. The van der Waals surface area contributed by atoms with Crippen molar-refractivity contribution in [1.82, 2.24) is 4.90 Å². The molecule has 1 fully saturated rings. The van der Waals surface area contributed by atoms with Crippen molar-refractivity contribution in [3.05, 3.63) is 33.1 Å². The Hall–Kier alpha value is -1.00. The molecule has 3 rings (SSSR count). The number of thiophene rings is 1. The highest BCUT2D eigenvalue weighted by atomic mass is 79.9. The van der Waals surface area contributed by atoms with Crippen LogP contribution in [0.3, 0.4) is 0 Å². The Labute approximate surface area is 170 Å². The fourth-order valence-corrected chi connectivity index (χ4v) is 6.82.